The Balaban J connectivity index is 1.58. The molecule has 0 amide bonds. The second kappa shape index (κ2) is 14.3. The van der Waals surface area contributed by atoms with Gasteiger partial charge in [0.25, 0.3) is 0 Å². The van der Waals surface area contributed by atoms with E-state index in [-0.39, 0.29) is 0 Å². The molecule has 0 saturated carbocycles. The molecule has 6 rings (SSSR count). The molecule has 0 radical (unpaired) electrons. The van der Waals surface area contributed by atoms with E-state index in [2.05, 4.69) is 0 Å². The second-order valence-corrected chi connectivity index (χ2v) is 21.5. The van der Waals surface area contributed by atoms with Crippen molar-refractivity contribution in [3.63, 3.8) is 0 Å². The van der Waals surface area contributed by atoms with E-state index in [0.29, 0.717) is 25.2 Å². The van der Waals surface area contributed by atoms with Gasteiger partial charge in [0, 0.05) is 0 Å². The van der Waals surface area contributed by atoms with Crippen LogP contribution in [0.4, 0.5) is 9.59 Å². The number of hydrogen-bond donors (Lipinski definition) is 2. The normalized spacial score (nSPS) is 13.1. The van der Waals surface area contributed by atoms with Gasteiger partial charge >= 0.3 is 294 Å². The molecule has 50 heavy (non-hydrogen) atoms. The number of carboxylic acid groups (broad SMARTS) is 2. The first-order chi connectivity index (χ1) is 24.3. The monoisotopic (exact) mass is 702 g/mol. The zero-order valence-electron chi connectivity index (χ0n) is 27.6. The van der Waals surface area contributed by atoms with E-state index in [1.54, 1.807) is 0 Å². The fourth-order valence-electron chi connectivity index (χ4n) is 7.71. The van der Waals surface area contributed by atoms with E-state index in [4.69, 9.17) is 9.05 Å². The summed E-state index contributed by atoms with van der Waals surface area (Å²) < 4.78 is 13.0. The molecule has 6 aromatic rings. The van der Waals surface area contributed by atoms with Crippen LogP contribution in [0.1, 0.15) is 12.8 Å². The number of benzene rings is 6. The SMILES string of the molecule is O=C(O)OP(CCCCP(OC(=O)O)(c1ccccc1)(c1ccccc1)c1ccccc1)(c1ccccc1)(c1ccccc1)c1ccccc1. The Morgan fingerprint density at radius 2 is 0.540 bits per heavy atom. The minimum atomic E-state index is -4.20. The molecule has 0 atom stereocenters. The fourth-order valence-corrected chi connectivity index (χ4v) is 19.0. The molecule has 0 aliphatic heterocycles. The quantitative estimate of drug-likeness (QED) is 0.0935. The third-order valence-corrected chi connectivity index (χ3v) is 21.6. The first-order valence-corrected chi connectivity index (χ1v) is 21.2. The summed E-state index contributed by atoms with van der Waals surface area (Å²) in [4.78, 5) is 26.0. The number of rotatable bonds is 13. The molecule has 0 fully saturated rings. The first kappa shape index (κ1) is 34.6. The van der Waals surface area contributed by atoms with Crippen LogP contribution in [0, 0.1) is 0 Å². The van der Waals surface area contributed by atoms with Crippen molar-refractivity contribution >= 4 is 57.8 Å². The Morgan fingerprint density at radius 3 is 0.700 bits per heavy atom. The van der Waals surface area contributed by atoms with Gasteiger partial charge in [-0.2, -0.15) is 0 Å². The summed E-state index contributed by atoms with van der Waals surface area (Å²) in [6.45, 7) is -8.41. The van der Waals surface area contributed by atoms with Crippen molar-refractivity contribution in [2.75, 3.05) is 12.3 Å². The van der Waals surface area contributed by atoms with Crippen LogP contribution in [0.2, 0.25) is 0 Å². The van der Waals surface area contributed by atoms with Crippen LogP contribution < -0.4 is 31.8 Å². The average molecular weight is 703 g/mol. The Kier molecular flexibility index (Phi) is 9.88. The van der Waals surface area contributed by atoms with Gasteiger partial charge in [-0.25, -0.2) is 0 Å². The van der Waals surface area contributed by atoms with Crippen molar-refractivity contribution in [1.82, 2.24) is 0 Å². The number of unbranched alkanes of at least 4 members (excludes halogenated alkanes) is 1. The van der Waals surface area contributed by atoms with Crippen LogP contribution in [0.15, 0.2) is 182 Å². The van der Waals surface area contributed by atoms with Crippen LogP contribution in [0.5, 0.6) is 0 Å². The third-order valence-electron chi connectivity index (χ3n) is 9.79. The molecule has 8 heteroatoms. The zero-order chi connectivity index (χ0) is 35.0. The molecule has 254 valence electrons. The minimum absolute atomic E-state index is 0.355. The van der Waals surface area contributed by atoms with Gasteiger partial charge in [0.2, 0.25) is 0 Å². The van der Waals surface area contributed by atoms with Crippen LogP contribution in [-0.2, 0) is 9.05 Å². The van der Waals surface area contributed by atoms with Crippen LogP contribution in [-0.4, -0.2) is 34.8 Å². The molecule has 0 unspecified atom stereocenters. The van der Waals surface area contributed by atoms with E-state index >= 15 is 0 Å². The Morgan fingerprint density at radius 1 is 0.360 bits per heavy atom. The summed E-state index contributed by atoms with van der Waals surface area (Å²) in [5.41, 5.74) is 0. The third kappa shape index (κ3) is 5.75. The summed E-state index contributed by atoms with van der Waals surface area (Å²) >= 11 is 0. The van der Waals surface area contributed by atoms with Crippen LogP contribution in [0.3, 0.4) is 0 Å². The molecule has 0 heterocycles. The topological polar surface area (TPSA) is 93.1 Å². The predicted octanol–water partition coefficient (Wildman–Crippen LogP) is 8.05. The fraction of sp³-hybridized carbons (Fsp3) is 0.0952. The van der Waals surface area contributed by atoms with Gasteiger partial charge in [-0.3, -0.25) is 0 Å². The summed E-state index contributed by atoms with van der Waals surface area (Å²) in [6, 6.07) is 58.1. The van der Waals surface area contributed by atoms with Crippen molar-refractivity contribution in [1.29, 1.82) is 0 Å². The Bertz CT molecular complexity index is 1680. The number of carbonyl (C=O) groups is 2. The molecule has 0 aliphatic rings. The van der Waals surface area contributed by atoms with E-state index in [1.165, 1.54) is 0 Å². The summed E-state index contributed by atoms with van der Waals surface area (Å²) in [7, 11) is 0. The molecular weight excluding hydrogens is 662 g/mol. The molecule has 0 spiro atoms. The summed E-state index contributed by atoms with van der Waals surface area (Å²) in [5, 5.41) is 26.0. The molecule has 6 nitrogen and oxygen atoms in total. The van der Waals surface area contributed by atoms with Crippen LogP contribution >= 0.6 is 13.7 Å². The zero-order valence-corrected chi connectivity index (χ0v) is 29.4. The van der Waals surface area contributed by atoms with Gasteiger partial charge in [-0.15, -0.1) is 0 Å². The van der Waals surface area contributed by atoms with Gasteiger partial charge in [0.05, 0.1) is 0 Å². The van der Waals surface area contributed by atoms with Crippen molar-refractivity contribution in [2.24, 2.45) is 0 Å². The Labute approximate surface area is 293 Å². The molecule has 6 aromatic carbocycles. The summed E-state index contributed by atoms with van der Waals surface area (Å²) in [5.74, 6) is 0. The standard InChI is InChI=1S/C42H40O6P2/c43-41(44)47-49(35-21-7-1-8-22-35,36-23-9-2-10-24-36,37-25-11-3-12-26-37)33-19-20-34-50(48-42(45)46,38-27-13-4-14-28-38,39-29-15-5-16-30-39)40-31-17-6-18-32-40/h1-18,21-32H,19-20,33-34H2,(H,43,44)(H,45,46). The predicted molar refractivity (Wildman–Crippen MR) is 207 cm³/mol. The van der Waals surface area contributed by atoms with Gasteiger partial charge in [-0.05, 0) is 0 Å². The van der Waals surface area contributed by atoms with E-state index in [9.17, 15) is 19.8 Å². The maximum absolute atomic E-state index is 13.0. The maximum atomic E-state index is 13.0. The van der Waals surface area contributed by atoms with Crippen molar-refractivity contribution < 1.29 is 28.8 Å². The number of hydrogen-bond acceptors (Lipinski definition) is 4. The van der Waals surface area contributed by atoms with Crippen molar-refractivity contribution in [3.05, 3.63) is 182 Å². The van der Waals surface area contributed by atoms with Crippen molar-refractivity contribution in [3.8, 4) is 0 Å². The first-order valence-electron chi connectivity index (χ1n) is 16.6. The van der Waals surface area contributed by atoms with Crippen molar-refractivity contribution in [2.45, 2.75) is 12.8 Å². The average Bonchev–Trinajstić information content (AvgIpc) is 3.17. The Hall–Kier alpha value is -5.28. The van der Waals surface area contributed by atoms with Gasteiger partial charge in [-0.1, -0.05) is 0 Å². The molecular formula is C42H40O6P2. The van der Waals surface area contributed by atoms with Gasteiger partial charge in [0.1, 0.15) is 0 Å². The second-order valence-electron chi connectivity index (χ2n) is 12.3. The van der Waals surface area contributed by atoms with E-state index < -0.39 is 26.0 Å². The van der Waals surface area contributed by atoms with Gasteiger partial charge < -0.3 is 0 Å². The molecule has 2 N–H and O–H groups in total. The molecule has 0 aromatic heterocycles. The molecule has 0 saturated heterocycles. The van der Waals surface area contributed by atoms with Crippen LogP contribution in [0.25, 0.3) is 0 Å². The van der Waals surface area contributed by atoms with Gasteiger partial charge in [0.15, 0.2) is 0 Å². The van der Waals surface area contributed by atoms with E-state index in [0.717, 1.165) is 31.8 Å². The molecule has 0 bridgehead atoms. The van der Waals surface area contributed by atoms with E-state index in [1.807, 2.05) is 182 Å². The molecule has 0 aliphatic carbocycles. The summed E-state index contributed by atoms with van der Waals surface area (Å²) in [6.07, 6.45) is -1.01.